The molecule has 0 bridgehead atoms. The molecule has 1 rings (SSSR count). The van der Waals surface area contributed by atoms with E-state index in [1.54, 1.807) is 6.07 Å². The maximum absolute atomic E-state index is 11.4. The van der Waals surface area contributed by atoms with Crippen molar-refractivity contribution in [3.8, 4) is 6.07 Å². The molecule has 0 unspecified atom stereocenters. The molecule has 0 amide bonds. The molecule has 5 heteroatoms. The molecule has 0 aliphatic carbocycles. The number of nitriles is 1. The minimum absolute atomic E-state index is 0.261. The summed E-state index contributed by atoms with van der Waals surface area (Å²) in [5.74, 6) is -1.04. The predicted octanol–water partition coefficient (Wildman–Crippen LogP) is 1.37. The first-order valence-electron chi connectivity index (χ1n) is 5.84. The maximum Gasteiger partial charge on any atom is 0.352 e. The summed E-state index contributed by atoms with van der Waals surface area (Å²) >= 11 is 0. The standard InChI is InChI=1S/C12H18N2O3/c1-10(15)11(9-13)12(16)17-8-7-14-5-3-2-4-6-14/h15H,2-8H2,1H3. The van der Waals surface area contributed by atoms with Gasteiger partial charge in [0, 0.05) is 6.54 Å². The minimum Gasteiger partial charge on any atom is -0.511 e. The Morgan fingerprint density at radius 2 is 2.06 bits per heavy atom. The van der Waals surface area contributed by atoms with E-state index in [-0.39, 0.29) is 17.9 Å². The van der Waals surface area contributed by atoms with Crippen LogP contribution in [0.3, 0.4) is 0 Å². The molecule has 1 heterocycles. The molecule has 1 aliphatic rings. The van der Waals surface area contributed by atoms with Crippen molar-refractivity contribution in [2.75, 3.05) is 26.2 Å². The Morgan fingerprint density at radius 1 is 1.41 bits per heavy atom. The van der Waals surface area contributed by atoms with Crippen LogP contribution in [-0.4, -0.2) is 42.2 Å². The monoisotopic (exact) mass is 238 g/mol. The summed E-state index contributed by atoms with van der Waals surface area (Å²) in [4.78, 5) is 13.6. The van der Waals surface area contributed by atoms with Crippen molar-refractivity contribution >= 4 is 5.97 Å². The number of likely N-dealkylation sites (tertiary alicyclic amines) is 1. The van der Waals surface area contributed by atoms with Crippen molar-refractivity contribution < 1.29 is 14.6 Å². The number of aliphatic hydroxyl groups is 1. The van der Waals surface area contributed by atoms with Gasteiger partial charge in [0.15, 0.2) is 5.57 Å². The number of piperidine rings is 1. The second kappa shape index (κ2) is 6.92. The molecule has 0 spiro atoms. The highest BCUT2D eigenvalue weighted by Crippen LogP contribution is 2.08. The molecule has 1 saturated heterocycles. The van der Waals surface area contributed by atoms with Gasteiger partial charge in [-0.15, -0.1) is 0 Å². The van der Waals surface area contributed by atoms with Gasteiger partial charge in [-0.1, -0.05) is 6.42 Å². The third-order valence-corrected chi connectivity index (χ3v) is 2.77. The van der Waals surface area contributed by atoms with Crippen LogP contribution in [0.15, 0.2) is 11.3 Å². The van der Waals surface area contributed by atoms with Gasteiger partial charge in [-0.2, -0.15) is 5.26 Å². The van der Waals surface area contributed by atoms with Crippen LogP contribution in [0.25, 0.3) is 0 Å². The molecular formula is C12H18N2O3. The van der Waals surface area contributed by atoms with Gasteiger partial charge in [0.25, 0.3) is 0 Å². The second-order valence-corrected chi connectivity index (χ2v) is 4.11. The number of aliphatic hydroxyl groups excluding tert-OH is 1. The summed E-state index contributed by atoms with van der Waals surface area (Å²) in [6, 6.07) is 1.63. The van der Waals surface area contributed by atoms with E-state index in [9.17, 15) is 4.79 Å². The molecule has 0 saturated carbocycles. The number of carbonyl (C=O) groups excluding carboxylic acids is 1. The molecule has 1 fully saturated rings. The summed E-state index contributed by atoms with van der Waals surface area (Å²) < 4.78 is 4.94. The van der Waals surface area contributed by atoms with Crippen LogP contribution in [0.2, 0.25) is 0 Å². The number of rotatable bonds is 4. The lowest BCUT2D eigenvalue weighted by Gasteiger charge is -2.25. The third kappa shape index (κ3) is 4.45. The van der Waals surface area contributed by atoms with Crippen molar-refractivity contribution in [1.29, 1.82) is 5.26 Å². The Labute approximate surface area is 101 Å². The normalized spacial score (nSPS) is 18.1. The summed E-state index contributed by atoms with van der Waals surface area (Å²) in [6.07, 6.45) is 3.64. The zero-order chi connectivity index (χ0) is 12.7. The fourth-order valence-electron chi connectivity index (χ4n) is 1.80. The average Bonchev–Trinajstić information content (AvgIpc) is 2.30. The number of nitrogens with zero attached hydrogens (tertiary/aromatic N) is 2. The first kappa shape index (κ1) is 13.5. The fourth-order valence-corrected chi connectivity index (χ4v) is 1.80. The van der Waals surface area contributed by atoms with Crippen LogP contribution in [-0.2, 0) is 9.53 Å². The molecule has 17 heavy (non-hydrogen) atoms. The van der Waals surface area contributed by atoms with Crippen molar-refractivity contribution in [3.05, 3.63) is 11.3 Å². The first-order chi connectivity index (χ1) is 8.15. The molecule has 0 radical (unpaired) electrons. The number of esters is 1. The van der Waals surface area contributed by atoms with Crippen LogP contribution in [0.5, 0.6) is 0 Å². The summed E-state index contributed by atoms with van der Waals surface area (Å²) in [6.45, 7) is 4.33. The molecule has 0 aromatic carbocycles. The highest BCUT2D eigenvalue weighted by molar-refractivity contribution is 5.93. The van der Waals surface area contributed by atoms with Gasteiger partial charge in [0.1, 0.15) is 18.4 Å². The van der Waals surface area contributed by atoms with Gasteiger partial charge in [-0.3, -0.25) is 4.90 Å². The average molecular weight is 238 g/mol. The van der Waals surface area contributed by atoms with Crippen LogP contribution < -0.4 is 0 Å². The molecule has 94 valence electrons. The lowest BCUT2D eigenvalue weighted by molar-refractivity contribution is -0.139. The summed E-state index contributed by atoms with van der Waals surface area (Å²) in [5, 5.41) is 17.7. The van der Waals surface area contributed by atoms with E-state index >= 15 is 0 Å². The van der Waals surface area contributed by atoms with Crippen molar-refractivity contribution in [2.45, 2.75) is 26.2 Å². The quantitative estimate of drug-likeness (QED) is 0.346. The molecule has 0 atom stereocenters. The highest BCUT2D eigenvalue weighted by Gasteiger charge is 2.15. The van der Waals surface area contributed by atoms with E-state index in [1.807, 2.05) is 0 Å². The fraction of sp³-hybridized carbons (Fsp3) is 0.667. The van der Waals surface area contributed by atoms with E-state index in [0.717, 1.165) is 13.1 Å². The third-order valence-electron chi connectivity index (χ3n) is 2.77. The van der Waals surface area contributed by atoms with Crippen LogP contribution >= 0.6 is 0 Å². The van der Waals surface area contributed by atoms with Gasteiger partial charge < -0.3 is 9.84 Å². The van der Waals surface area contributed by atoms with E-state index in [2.05, 4.69) is 4.90 Å². The lowest BCUT2D eigenvalue weighted by atomic mass is 10.1. The topological polar surface area (TPSA) is 73.6 Å². The SMILES string of the molecule is CC(O)=C(C#N)C(=O)OCCN1CCCCC1. The highest BCUT2D eigenvalue weighted by atomic mass is 16.5. The van der Waals surface area contributed by atoms with Crippen LogP contribution in [0.1, 0.15) is 26.2 Å². The van der Waals surface area contributed by atoms with Crippen LogP contribution in [0, 0.1) is 11.3 Å². The number of hydrogen-bond acceptors (Lipinski definition) is 5. The Bertz CT molecular complexity index is 334. The van der Waals surface area contributed by atoms with E-state index in [1.165, 1.54) is 26.2 Å². The zero-order valence-corrected chi connectivity index (χ0v) is 10.1. The Morgan fingerprint density at radius 3 is 2.59 bits per heavy atom. The summed E-state index contributed by atoms with van der Waals surface area (Å²) in [5.41, 5.74) is -0.316. The molecular weight excluding hydrogens is 220 g/mol. The Hall–Kier alpha value is -1.54. The zero-order valence-electron chi connectivity index (χ0n) is 10.1. The van der Waals surface area contributed by atoms with Gasteiger partial charge >= 0.3 is 5.97 Å². The molecule has 0 aromatic rings. The van der Waals surface area contributed by atoms with Gasteiger partial charge in [-0.25, -0.2) is 4.79 Å². The maximum atomic E-state index is 11.4. The van der Waals surface area contributed by atoms with E-state index in [4.69, 9.17) is 15.1 Å². The number of ether oxygens (including phenoxy) is 1. The Kier molecular flexibility index (Phi) is 5.50. The Balaban J connectivity index is 2.29. The first-order valence-corrected chi connectivity index (χ1v) is 5.84. The van der Waals surface area contributed by atoms with Crippen LogP contribution in [0.4, 0.5) is 0 Å². The predicted molar refractivity (Wildman–Crippen MR) is 62.2 cm³/mol. The van der Waals surface area contributed by atoms with Crippen molar-refractivity contribution in [3.63, 3.8) is 0 Å². The number of allylic oxidation sites excluding steroid dienone is 1. The van der Waals surface area contributed by atoms with Gasteiger partial charge in [0.05, 0.1) is 0 Å². The molecule has 0 aromatic heterocycles. The summed E-state index contributed by atoms with van der Waals surface area (Å²) in [7, 11) is 0. The van der Waals surface area contributed by atoms with E-state index < -0.39 is 5.97 Å². The lowest BCUT2D eigenvalue weighted by Crippen LogP contribution is -2.33. The molecule has 5 nitrogen and oxygen atoms in total. The smallest absolute Gasteiger partial charge is 0.352 e. The molecule has 1 aliphatic heterocycles. The van der Waals surface area contributed by atoms with Gasteiger partial charge in [-0.05, 0) is 32.9 Å². The molecule has 1 N–H and O–H groups in total. The minimum atomic E-state index is -0.746. The second-order valence-electron chi connectivity index (χ2n) is 4.11. The van der Waals surface area contributed by atoms with Gasteiger partial charge in [0.2, 0.25) is 0 Å². The van der Waals surface area contributed by atoms with Crippen molar-refractivity contribution in [1.82, 2.24) is 4.90 Å². The number of hydrogen-bond donors (Lipinski definition) is 1. The number of carbonyl (C=O) groups is 1. The largest absolute Gasteiger partial charge is 0.511 e. The van der Waals surface area contributed by atoms with E-state index in [0.29, 0.717) is 6.54 Å². The van der Waals surface area contributed by atoms with Crippen molar-refractivity contribution in [2.24, 2.45) is 0 Å².